The molecule has 0 atom stereocenters. The van der Waals surface area contributed by atoms with E-state index in [0.717, 1.165) is 10.4 Å². The van der Waals surface area contributed by atoms with Gasteiger partial charge in [-0.15, -0.1) is 5.10 Å². The minimum atomic E-state index is -1.01. The highest BCUT2D eigenvalue weighted by atomic mass is 16.5. The maximum Gasteiger partial charge on any atom is 0.337 e. The van der Waals surface area contributed by atoms with Gasteiger partial charge in [0.2, 0.25) is 0 Å². The third kappa shape index (κ3) is 6.41. The summed E-state index contributed by atoms with van der Waals surface area (Å²) in [6.45, 7) is 2.65. The van der Waals surface area contributed by atoms with E-state index in [1.54, 1.807) is 31.3 Å². The summed E-state index contributed by atoms with van der Waals surface area (Å²) >= 11 is 0. The molecule has 1 heterocycles. The molecule has 1 aromatic heterocycles. The van der Waals surface area contributed by atoms with Crippen molar-refractivity contribution >= 4 is 23.3 Å². The number of carboxylic acids is 1. The van der Waals surface area contributed by atoms with Crippen LogP contribution in [0.1, 0.15) is 32.8 Å². The molecule has 7 N–H and O–H groups in total. The largest absolute Gasteiger partial charge is 0.493 e. The molecule has 3 aromatic rings. The van der Waals surface area contributed by atoms with Crippen LogP contribution >= 0.6 is 0 Å². The Morgan fingerprint density at radius 1 is 1.06 bits per heavy atom. The van der Waals surface area contributed by atoms with Gasteiger partial charge in [-0.05, 0) is 55.0 Å². The number of rotatable bonds is 10. The molecule has 3 rings (SSSR count). The van der Waals surface area contributed by atoms with Gasteiger partial charge in [0.15, 0.2) is 11.2 Å². The van der Waals surface area contributed by atoms with Crippen molar-refractivity contribution in [1.82, 2.24) is 9.89 Å². The van der Waals surface area contributed by atoms with E-state index in [9.17, 15) is 9.59 Å². The summed E-state index contributed by atoms with van der Waals surface area (Å²) in [5, 5.41) is 22.2. The van der Waals surface area contributed by atoms with Crippen molar-refractivity contribution in [2.75, 3.05) is 36.7 Å². The first kappa shape index (κ1) is 24.9. The number of carbonyl (C=O) groups is 2. The standard InChI is InChI=1S/C23H27N7O5/c1-14-12-15(5-7-18(14)27-22(31)19-8-9-21(28-24)30(25)29-19)34-10-3-11-35-16-4-6-17(23(32)33)20(13-16)26-2/h4-9,12-13,26H,3,10-11,24-25H2,1-2H3,(H,27,31)(H,32,33)/b28-21-. The fourth-order valence-corrected chi connectivity index (χ4v) is 3.15. The number of benzene rings is 2. The van der Waals surface area contributed by atoms with Crippen molar-refractivity contribution in [3.8, 4) is 11.5 Å². The predicted octanol–water partition coefficient (Wildman–Crippen LogP) is 1.52. The van der Waals surface area contributed by atoms with Crippen LogP contribution in [0.5, 0.6) is 11.5 Å². The minimum absolute atomic E-state index is 0.110. The quantitative estimate of drug-likeness (QED) is 0.163. The predicted molar refractivity (Wildman–Crippen MR) is 130 cm³/mol. The molecule has 0 aliphatic carbocycles. The van der Waals surface area contributed by atoms with Crippen LogP contribution in [0.2, 0.25) is 0 Å². The van der Waals surface area contributed by atoms with Gasteiger partial charge in [-0.25, -0.2) is 4.79 Å². The number of carbonyl (C=O) groups excluding carboxylic acids is 1. The number of aromatic carboxylic acids is 1. The molecule has 2 aromatic carbocycles. The lowest BCUT2D eigenvalue weighted by atomic mass is 10.1. The second-order valence-electron chi connectivity index (χ2n) is 7.39. The molecular formula is C23H27N7O5. The van der Waals surface area contributed by atoms with E-state index in [4.69, 9.17) is 26.3 Å². The molecule has 1 amide bonds. The maximum absolute atomic E-state index is 12.5. The van der Waals surface area contributed by atoms with Crippen molar-refractivity contribution in [1.29, 1.82) is 0 Å². The van der Waals surface area contributed by atoms with Gasteiger partial charge in [-0.3, -0.25) is 4.79 Å². The van der Waals surface area contributed by atoms with E-state index in [2.05, 4.69) is 20.8 Å². The molecule has 12 heteroatoms. The molecule has 0 saturated heterocycles. The Kier molecular flexibility index (Phi) is 8.11. The number of carboxylic acid groups (broad SMARTS) is 1. The molecular weight excluding hydrogens is 454 g/mol. The van der Waals surface area contributed by atoms with E-state index in [1.807, 2.05) is 13.0 Å². The molecule has 0 bridgehead atoms. The average molecular weight is 482 g/mol. The first-order valence-electron chi connectivity index (χ1n) is 10.6. The Bertz CT molecular complexity index is 1290. The number of amides is 1. The number of aromatic nitrogens is 2. The normalized spacial score (nSPS) is 11.1. The van der Waals surface area contributed by atoms with Crippen molar-refractivity contribution < 1.29 is 24.2 Å². The molecule has 0 radical (unpaired) electrons. The number of ether oxygens (including phenoxy) is 2. The number of nitrogens with zero attached hydrogens (tertiary/aromatic N) is 3. The zero-order valence-corrected chi connectivity index (χ0v) is 19.3. The number of aryl methyl sites for hydroxylation is 1. The number of nitrogens with two attached hydrogens (primary N) is 2. The second-order valence-corrected chi connectivity index (χ2v) is 7.39. The summed E-state index contributed by atoms with van der Waals surface area (Å²) in [6, 6.07) is 13.0. The summed E-state index contributed by atoms with van der Waals surface area (Å²) in [5.74, 6) is 10.6. The molecule has 0 aliphatic rings. The zero-order chi connectivity index (χ0) is 25.4. The van der Waals surface area contributed by atoms with Crippen molar-refractivity contribution in [2.24, 2.45) is 10.9 Å². The molecule has 35 heavy (non-hydrogen) atoms. The van der Waals surface area contributed by atoms with Gasteiger partial charge in [0.05, 0.1) is 24.5 Å². The molecule has 0 saturated carbocycles. The smallest absolute Gasteiger partial charge is 0.337 e. The highest BCUT2D eigenvalue weighted by molar-refractivity contribution is 6.03. The van der Waals surface area contributed by atoms with Crippen LogP contribution in [0.4, 0.5) is 11.4 Å². The number of hydrogen-bond acceptors (Lipinski definition) is 9. The average Bonchev–Trinajstić information content (AvgIpc) is 2.84. The third-order valence-electron chi connectivity index (χ3n) is 4.97. The van der Waals surface area contributed by atoms with Gasteiger partial charge in [0.25, 0.3) is 5.91 Å². The fourth-order valence-electron chi connectivity index (χ4n) is 3.15. The molecule has 0 aliphatic heterocycles. The van der Waals surface area contributed by atoms with Crippen LogP contribution in [0.25, 0.3) is 0 Å². The van der Waals surface area contributed by atoms with E-state index in [-0.39, 0.29) is 16.7 Å². The molecule has 0 unspecified atom stereocenters. The van der Waals surface area contributed by atoms with E-state index in [1.165, 1.54) is 18.2 Å². The highest BCUT2D eigenvalue weighted by Crippen LogP contribution is 2.23. The van der Waals surface area contributed by atoms with Gasteiger partial charge in [-0.1, -0.05) is 0 Å². The number of hydrogen-bond donors (Lipinski definition) is 5. The lowest BCUT2D eigenvalue weighted by Crippen LogP contribution is -2.33. The molecule has 12 nitrogen and oxygen atoms in total. The van der Waals surface area contributed by atoms with E-state index in [0.29, 0.717) is 42.5 Å². The summed E-state index contributed by atoms with van der Waals surface area (Å²) in [5.41, 5.74) is 2.41. The highest BCUT2D eigenvalue weighted by Gasteiger charge is 2.12. The van der Waals surface area contributed by atoms with Crippen molar-refractivity contribution in [3.63, 3.8) is 0 Å². The Labute approximate surface area is 201 Å². The maximum atomic E-state index is 12.5. The Balaban J connectivity index is 1.49. The first-order chi connectivity index (χ1) is 16.8. The number of nitrogen functional groups attached to an aromatic ring is 1. The van der Waals surface area contributed by atoms with Gasteiger partial charge in [0.1, 0.15) is 11.5 Å². The summed E-state index contributed by atoms with van der Waals surface area (Å²) < 4.78 is 11.5. The molecule has 184 valence electrons. The zero-order valence-electron chi connectivity index (χ0n) is 19.3. The van der Waals surface area contributed by atoms with Crippen molar-refractivity contribution in [3.05, 3.63) is 70.8 Å². The van der Waals surface area contributed by atoms with E-state index >= 15 is 0 Å². The van der Waals surface area contributed by atoms with Crippen LogP contribution in [0.15, 0.2) is 53.6 Å². The number of nitrogens with one attached hydrogen (secondary N) is 2. The number of anilines is 2. The SMILES string of the molecule is CNc1cc(OCCCOc2ccc(NC(=O)c3cc/c(=N/N)n(N)n3)c(C)c2)ccc1C(=O)O. The molecule has 0 spiro atoms. The second kappa shape index (κ2) is 11.4. The van der Waals surface area contributed by atoms with Crippen LogP contribution < -0.4 is 37.3 Å². The van der Waals surface area contributed by atoms with Crippen LogP contribution in [-0.2, 0) is 0 Å². The minimum Gasteiger partial charge on any atom is -0.493 e. The molecule has 0 fully saturated rings. The summed E-state index contributed by atoms with van der Waals surface area (Å²) in [7, 11) is 1.65. The summed E-state index contributed by atoms with van der Waals surface area (Å²) in [6.07, 6.45) is 0.614. The first-order valence-corrected chi connectivity index (χ1v) is 10.6. The van der Waals surface area contributed by atoms with Crippen molar-refractivity contribution in [2.45, 2.75) is 13.3 Å². The van der Waals surface area contributed by atoms with Gasteiger partial charge < -0.3 is 36.9 Å². The van der Waals surface area contributed by atoms with Gasteiger partial charge in [0, 0.05) is 25.2 Å². The van der Waals surface area contributed by atoms with Crippen LogP contribution in [-0.4, -0.2) is 47.1 Å². The Hall–Kier alpha value is -4.74. The van der Waals surface area contributed by atoms with Gasteiger partial charge >= 0.3 is 5.97 Å². The summed E-state index contributed by atoms with van der Waals surface area (Å²) in [4.78, 5) is 24.6. The van der Waals surface area contributed by atoms with Crippen LogP contribution in [0.3, 0.4) is 0 Å². The Morgan fingerprint density at radius 2 is 1.74 bits per heavy atom. The van der Waals surface area contributed by atoms with Crippen LogP contribution in [0, 0.1) is 6.92 Å². The Morgan fingerprint density at radius 3 is 2.34 bits per heavy atom. The lowest BCUT2D eigenvalue weighted by molar-refractivity contribution is 0.0697. The van der Waals surface area contributed by atoms with Gasteiger partial charge in [-0.2, -0.15) is 9.89 Å². The monoisotopic (exact) mass is 481 g/mol. The topological polar surface area (TPSA) is 179 Å². The fraction of sp³-hybridized carbons (Fsp3) is 0.217. The third-order valence-corrected chi connectivity index (χ3v) is 4.97. The lowest BCUT2D eigenvalue weighted by Gasteiger charge is -2.12. The van der Waals surface area contributed by atoms with E-state index < -0.39 is 11.9 Å².